The molecule has 0 bridgehead atoms. The van der Waals surface area contributed by atoms with Crippen molar-refractivity contribution in [3.05, 3.63) is 92.9 Å². The standard InChI is InChI=1S/C21H18Br2O2S/c1-25-18-10-12-19(13-11-18)26-21(15-4-8-17(23)9-5-15)20(24)14-2-6-16(22)7-3-14/h2-13,20-21,24H,1H3/t20-,21-/m0/s1. The van der Waals surface area contributed by atoms with Gasteiger partial charge in [-0.2, -0.15) is 0 Å². The number of rotatable bonds is 6. The van der Waals surface area contributed by atoms with Crippen molar-refractivity contribution >= 4 is 43.6 Å². The molecule has 5 heteroatoms. The highest BCUT2D eigenvalue weighted by molar-refractivity contribution is 9.10. The van der Waals surface area contributed by atoms with Gasteiger partial charge >= 0.3 is 0 Å². The molecule has 3 rings (SSSR count). The Kier molecular flexibility index (Phi) is 6.81. The lowest BCUT2D eigenvalue weighted by Gasteiger charge is -2.24. The van der Waals surface area contributed by atoms with Crippen LogP contribution < -0.4 is 4.74 Å². The quantitative estimate of drug-likeness (QED) is 0.383. The molecule has 0 fully saturated rings. The van der Waals surface area contributed by atoms with E-state index >= 15 is 0 Å². The molecule has 134 valence electrons. The van der Waals surface area contributed by atoms with Gasteiger partial charge in [-0.1, -0.05) is 56.1 Å². The topological polar surface area (TPSA) is 29.5 Å². The van der Waals surface area contributed by atoms with Gasteiger partial charge in [0.2, 0.25) is 0 Å². The molecule has 0 aromatic heterocycles. The van der Waals surface area contributed by atoms with Crippen LogP contribution in [0.3, 0.4) is 0 Å². The summed E-state index contributed by atoms with van der Waals surface area (Å²) in [4.78, 5) is 1.08. The molecule has 0 saturated heterocycles. The zero-order valence-electron chi connectivity index (χ0n) is 14.1. The van der Waals surface area contributed by atoms with Crippen LogP contribution in [0.4, 0.5) is 0 Å². The van der Waals surface area contributed by atoms with Gasteiger partial charge in [0.05, 0.1) is 18.5 Å². The lowest BCUT2D eigenvalue weighted by molar-refractivity contribution is 0.175. The Morgan fingerprint density at radius 1 is 0.769 bits per heavy atom. The largest absolute Gasteiger partial charge is 0.497 e. The highest BCUT2D eigenvalue weighted by Crippen LogP contribution is 2.44. The van der Waals surface area contributed by atoms with Crippen LogP contribution in [0.2, 0.25) is 0 Å². The maximum atomic E-state index is 11.1. The molecule has 0 unspecified atom stereocenters. The minimum Gasteiger partial charge on any atom is -0.497 e. The molecule has 2 nitrogen and oxygen atoms in total. The number of thioether (sulfide) groups is 1. The van der Waals surface area contributed by atoms with Gasteiger partial charge in [-0.15, -0.1) is 11.8 Å². The van der Waals surface area contributed by atoms with Gasteiger partial charge in [0.15, 0.2) is 0 Å². The van der Waals surface area contributed by atoms with Gasteiger partial charge in [0, 0.05) is 13.8 Å². The summed E-state index contributed by atoms with van der Waals surface area (Å²) in [6.07, 6.45) is -0.628. The number of benzene rings is 3. The minimum atomic E-state index is -0.628. The van der Waals surface area contributed by atoms with E-state index in [-0.39, 0.29) is 5.25 Å². The molecule has 0 saturated carbocycles. The van der Waals surface area contributed by atoms with Crippen molar-refractivity contribution in [2.75, 3.05) is 7.11 Å². The second-order valence-corrected chi connectivity index (χ2v) is 8.81. The summed E-state index contributed by atoms with van der Waals surface area (Å²) in [5.74, 6) is 0.822. The van der Waals surface area contributed by atoms with Crippen LogP contribution in [0.5, 0.6) is 5.75 Å². The van der Waals surface area contributed by atoms with Crippen molar-refractivity contribution in [3.63, 3.8) is 0 Å². The lowest BCUT2D eigenvalue weighted by Crippen LogP contribution is -2.08. The number of halogens is 2. The van der Waals surface area contributed by atoms with Crippen LogP contribution >= 0.6 is 43.6 Å². The highest BCUT2D eigenvalue weighted by Gasteiger charge is 2.24. The molecule has 26 heavy (non-hydrogen) atoms. The van der Waals surface area contributed by atoms with E-state index < -0.39 is 6.10 Å². The zero-order chi connectivity index (χ0) is 18.5. The van der Waals surface area contributed by atoms with Gasteiger partial charge in [-0.25, -0.2) is 0 Å². The Morgan fingerprint density at radius 3 is 1.77 bits per heavy atom. The van der Waals surface area contributed by atoms with Gasteiger partial charge in [-0.3, -0.25) is 0 Å². The van der Waals surface area contributed by atoms with Gasteiger partial charge in [0.1, 0.15) is 5.75 Å². The van der Waals surface area contributed by atoms with E-state index in [1.807, 2.05) is 72.8 Å². The lowest BCUT2D eigenvalue weighted by atomic mass is 10.0. The van der Waals surface area contributed by atoms with Gasteiger partial charge in [-0.05, 0) is 59.7 Å². The molecular weight excluding hydrogens is 476 g/mol. The van der Waals surface area contributed by atoms with Crippen molar-refractivity contribution in [2.24, 2.45) is 0 Å². The molecular formula is C21H18Br2O2S. The van der Waals surface area contributed by atoms with Crippen molar-refractivity contribution in [1.29, 1.82) is 0 Å². The summed E-state index contributed by atoms with van der Waals surface area (Å²) >= 11 is 8.57. The van der Waals surface area contributed by atoms with E-state index in [2.05, 4.69) is 31.9 Å². The number of aliphatic hydroxyl groups is 1. The summed E-state index contributed by atoms with van der Waals surface area (Å²) < 4.78 is 7.25. The molecule has 0 aliphatic heterocycles. The van der Waals surface area contributed by atoms with E-state index in [0.717, 1.165) is 30.7 Å². The summed E-state index contributed by atoms with van der Waals surface area (Å²) in [5, 5.41) is 11.0. The van der Waals surface area contributed by atoms with Crippen molar-refractivity contribution in [3.8, 4) is 5.75 Å². The summed E-state index contributed by atoms with van der Waals surface area (Å²) in [5.41, 5.74) is 1.96. The fourth-order valence-corrected chi connectivity index (χ4v) is 4.30. The Labute approximate surface area is 174 Å². The first-order valence-corrected chi connectivity index (χ1v) is 10.5. The third-order valence-corrected chi connectivity index (χ3v) is 6.40. The van der Waals surface area contributed by atoms with E-state index in [1.54, 1.807) is 18.9 Å². The summed E-state index contributed by atoms with van der Waals surface area (Å²) in [7, 11) is 1.66. The first-order valence-electron chi connectivity index (χ1n) is 8.06. The predicted octanol–water partition coefficient (Wildman–Crippen LogP) is 6.79. The zero-order valence-corrected chi connectivity index (χ0v) is 18.1. The number of hydrogen-bond donors (Lipinski definition) is 1. The minimum absolute atomic E-state index is 0.127. The number of aliphatic hydroxyl groups excluding tert-OH is 1. The summed E-state index contributed by atoms with van der Waals surface area (Å²) in [6, 6.07) is 23.8. The number of methoxy groups -OCH3 is 1. The van der Waals surface area contributed by atoms with Crippen LogP contribution in [0.25, 0.3) is 0 Å². The monoisotopic (exact) mass is 492 g/mol. The third kappa shape index (κ3) is 4.92. The molecule has 0 heterocycles. The maximum Gasteiger partial charge on any atom is 0.118 e. The smallest absolute Gasteiger partial charge is 0.118 e. The van der Waals surface area contributed by atoms with Crippen molar-refractivity contribution < 1.29 is 9.84 Å². The number of hydrogen-bond acceptors (Lipinski definition) is 3. The first kappa shape index (κ1) is 19.5. The Hall–Kier alpha value is -1.27. The van der Waals surface area contributed by atoms with Crippen LogP contribution in [-0.2, 0) is 0 Å². The number of ether oxygens (including phenoxy) is 1. The molecule has 3 aromatic carbocycles. The predicted molar refractivity (Wildman–Crippen MR) is 115 cm³/mol. The Morgan fingerprint density at radius 2 is 1.27 bits per heavy atom. The Bertz CT molecular complexity index is 833. The van der Waals surface area contributed by atoms with Gasteiger partial charge in [0.25, 0.3) is 0 Å². The third-order valence-electron chi connectivity index (χ3n) is 4.02. The van der Waals surface area contributed by atoms with Gasteiger partial charge < -0.3 is 9.84 Å². The highest BCUT2D eigenvalue weighted by atomic mass is 79.9. The first-order chi connectivity index (χ1) is 12.6. The second-order valence-electron chi connectivity index (χ2n) is 5.76. The molecule has 1 N–H and O–H groups in total. The van der Waals surface area contributed by atoms with E-state index in [4.69, 9.17) is 4.74 Å². The fraction of sp³-hybridized carbons (Fsp3) is 0.143. The summed E-state index contributed by atoms with van der Waals surface area (Å²) in [6.45, 7) is 0. The fourth-order valence-electron chi connectivity index (χ4n) is 2.60. The van der Waals surface area contributed by atoms with Crippen LogP contribution in [0, 0.1) is 0 Å². The molecule has 0 spiro atoms. The SMILES string of the molecule is COc1ccc(S[C@@H](c2ccc(Br)cc2)[C@@H](O)c2ccc(Br)cc2)cc1. The van der Waals surface area contributed by atoms with E-state index in [1.165, 1.54) is 0 Å². The maximum absolute atomic E-state index is 11.1. The van der Waals surface area contributed by atoms with E-state index in [0.29, 0.717) is 0 Å². The van der Waals surface area contributed by atoms with Crippen molar-refractivity contribution in [1.82, 2.24) is 0 Å². The van der Waals surface area contributed by atoms with Crippen molar-refractivity contribution in [2.45, 2.75) is 16.2 Å². The normalized spacial score (nSPS) is 13.2. The Balaban J connectivity index is 1.92. The van der Waals surface area contributed by atoms with Crippen LogP contribution in [0.1, 0.15) is 22.5 Å². The van der Waals surface area contributed by atoms with Crippen LogP contribution in [-0.4, -0.2) is 12.2 Å². The molecule has 0 radical (unpaired) electrons. The second kappa shape index (κ2) is 9.09. The molecule has 0 amide bonds. The molecule has 0 aliphatic carbocycles. The molecule has 0 aliphatic rings. The van der Waals surface area contributed by atoms with Crippen LogP contribution in [0.15, 0.2) is 86.6 Å². The molecule has 3 aromatic rings. The molecule has 2 atom stereocenters. The average Bonchev–Trinajstić information content (AvgIpc) is 2.67. The van der Waals surface area contributed by atoms with E-state index in [9.17, 15) is 5.11 Å². The average molecular weight is 494 g/mol.